The maximum Gasteiger partial charge on any atom is 0.185 e. The van der Waals surface area contributed by atoms with Gasteiger partial charge in [0.15, 0.2) is 12.0 Å². The van der Waals surface area contributed by atoms with Crippen molar-refractivity contribution in [2.75, 3.05) is 0 Å². The van der Waals surface area contributed by atoms with Crippen molar-refractivity contribution in [2.24, 2.45) is 0 Å². The van der Waals surface area contributed by atoms with Gasteiger partial charge in [0.1, 0.15) is 11.4 Å². The largest absolute Gasteiger partial charge is 0.453 e. The first-order valence-corrected chi connectivity index (χ1v) is 4.42. The predicted molar refractivity (Wildman–Crippen MR) is 50.9 cm³/mol. The molecule has 0 saturated heterocycles. The second-order valence-electron chi connectivity index (χ2n) is 3.06. The number of carbonyl (C=O) groups is 1. The number of carbonyl (C=O) groups excluding carboxylic acids is 1. The molecular weight excluding hydrogens is 183 g/mol. The van der Waals surface area contributed by atoms with E-state index in [-0.39, 0.29) is 5.82 Å². The third-order valence-electron chi connectivity index (χ3n) is 2.25. The Kier molecular flexibility index (Phi) is 2.08. The molecule has 1 aromatic heterocycles. The molecule has 0 N–H and O–H groups in total. The first-order chi connectivity index (χ1) is 6.76. The lowest BCUT2D eigenvalue weighted by Crippen LogP contribution is -1.83. The molecule has 3 heteroatoms. The van der Waals surface area contributed by atoms with Crippen LogP contribution in [-0.4, -0.2) is 6.29 Å². The highest BCUT2D eigenvalue weighted by molar-refractivity contribution is 5.89. The average molecular weight is 192 g/mol. The van der Waals surface area contributed by atoms with E-state index < -0.39 is 0 Å². The van der Waals surface area contributed by atoms with Crippen LogP contribution in [0.4, 0.5) is 4.39 Å². The van der Waals surface area contributed by atoms with Gasteiger partial charge in [-0.15, -0.1) is 0 Å². The number of halogens is 1. The summed E-state index contributed by atoms with van der Waals surface area (Å²) in [6.07, 6.45) is 1.36. The van der Waals surface area contributed by atoms with E-state index in [0.717, 1.165) is 10.9 Å². The molecule has 2 aromatic rings. The van der Waals surface area contributed by atoms with Gasteiger partial charge in [-0.3, -0.25) is 4.79 Å². The maximum absolute atomic E-state index is 12.8. The minimum Gasteiger partial charge on any atom is -0.453 e. The zero-order valence-corrected chi connectivity index (χ0v) is 7.71. The van der Waals surface area contributed by atoms with Crippen LogP contribution >= 0.6 is 0 Å². The molecule has 2 nitrogen and oxygen atoms in total. The summed E-state index contributed by atoms with van der Waals surface area (Å²) in [6, 6.07) is 4.30. The van der Waals surface area contributed by atoms with E-state index in [4.69, 9.17) is 4.42 Å². The third kappa shape index (κ3) is 1.21. The van der Waals surface area contributed by atoms with Crippen LogP contribution in [0.2, 0.25) is 0 Å². The highest BCUT2D eigenvalue weighted by Gasteiger charge is 2.11. The summed E-state index contributed by atoms with van der Waals surface area (Å²) in [7, 11) is 0. The average Bonchev–Trinajstić information content (AvgIpc) is 2.54. The molecule has 2 rings (SSSR count). The number of aryl methyl sites for hydroxylation is 1. The number of rotatable bonds is 2. The Labute approximate surface area is 80.3 Å². The first-order valence-electron chi connectivity index (χ1n) is 4.42. The lowest BCUT2D eigenvalue weighted by atomic mass is 10.1. The lowest BCUT2D eigenvalue weighted by molar-refractivity contribution is 0.110. The van der Waals surface area contributed by atoms with Gasteiger partial charge in [-0.25, -0.2) is 4.39 Å². The highest BCUT2D eigenvalue weighted by Crippen LogP contribution is 2.25. The zero-order valence-electron chi connectivity index (χ0n) is 7.71. The molecule has 0 amide bonds. The van der Waals surface area contributed by atoms with E-state index in [1.54, 1.807) is 6.07 Å². The smallest absolute Gasteiger partial charge is 0.185 e. The highest BCUT2D eigenvalue weighted by atomic mass is 19.1. The first kappa shape index (κ1) is 8.94. The summed E-state index contributed by atoms with van der Waals surface area (Å²) in [6.45, 7) is 1.93. The number of benzene rings is 1. The van der Waals surface area contributed by atoms with Crippen LogP contribution in [0.15, 0.2) is 22.6 Å². The zero-order chi connectivity index (χ0) is 10.1. The normalized spacial score (nSPS) is 10.7. The van der Waals surface area contributed by atoms with Gasteiger partial charge < -0.3 is 4.42 Å². The summed E-state index contributed by atoms with van der Waals surface area (Å²) in [5, 5.41) is 0.816. The van der Waals surface area contributed by atoms with E-state index in [1.807, 2.05) is 6.92 Å². The quantitative estimate of drug-likeness (QED) is 0.685. The number of fused-ring (bicyclic) bond motifs is 1. The minimum atomic E-state index is -0.355. The van der Waals surface area contributed by atoms with Crippen molar-refractivity contribution in [1.82, 2.24) is 0 Å². The predicted octanol–water partition coefficient (Wildman–Crippen LogP) is 2.95. The Morgan fingerprint density at radius 3 is 2.93 bits per heavy atom. The molecule has 0 aliphatic carbocycles. The summed E-state index contributed by atoms with van der Waals surface area (Å²) in [4.78, 5) is 10.7. The second-order valence-corrected chi connectivity index (χ2v) is 3.06. The van der Waals surface area contributed by atoms with Crippen LogP contribution in [0, 0.1) is 5.82 Å². The molecule has 0 saturated carbocycles. The van der Waals surface area contributed by atoms with E-state index >= 15 is 0 Å². The van der Waals surface area contributed by atoms with Crippen molar-refractivity contribution in [3.05, 3.63) is 35.3 Å². The lowest BCUT2D eigenvalue weighted by Gasteiger charge is -1.91. The van der Waals surface area contributed by atoms with Gasteiger partial charge in [-0.2, -0.15) is 0 Å². The Hall–Kier alpha value is -1.64. The summed E-state index contributed by atoms with van der Waals surface area (Å²) >= 11 is 0. The fraction of sp³-hybridized carbons (Fsp3) is 0.182. The topological polar surface area (TPSA) is 30.2 Å². The maximum atomic E-state index is 12.8. The van der Waals surface area contributed by atoms with Gasteiger partial charge in [0, 0.05) is 17.0 Å². The summed E-state index contributed by atoms with van der Waals surface area (Å²) in [5.41, 5.74) is 1.28. The number of hydrogen-bond donors (Lipinski definition) is 0. The van der Waals surface area contributed by atoms with Crippen molar-refractivity contribution in [3.8, 4) is 0 Å². The van der Waals surface area contributed by atoms with Crippen LogP contribution in [0.25, 0.3) is 11.0 Å². The summed E-state index contributed by atoms with van der Waals surface area (Å²) in [5.74, 6) is -0.0561. The molecule has 1 aromatic carbocycles. The van der Waals surface area contributed by atoms with Gasteiger partial charge in [0.05, 0.1) is 0 Å². The molecule has 14 heavy (non-hydrogen) atoms. The van der Waals surface area contributed by atoms with Crippen molar-refractivity contribution in [3.63, 3.8) is 0 Å². The van der Waals surface area contributed by atoms with Crippen LogP contribution in [-0.2, 0) is 6.42 Å². The van der Waals surface area contributed by atoms with E-state index in [2.05, 4.69) is 0 Å². The van der Waals surface area contributed by atoms with Gasteiger partial charge in [-0.05, 0) is 18.6 Å². The number of hydrogen-bond acceptors (Lipinski definition) is 2. The van der Waals surface area contributed by atoms with E-state index in [0.29, 0.717) is 24.1 Å². The monoisotopic (exact) mass is 192 g/mol. The fourth-order valence-electron chi connectivity index (χ4n) is 1.60. The fourth-order valence-corrected chi connectivity index (χ4v) is 1.60. The van der Waals surface area contributed by atoms with Crippen LogP contribution < -0.4 is 0 Å². The standard InChI is InChI=1S/C11H9FO2/c1-2-8-9-4-3-7(12)5-10(9)14-11(8)6-13/h3-6H,2H2,1H3. The number of furan rings is 1. The van der Waals surface area contributed by atoms with Gasteiger partial charge in [0.25, 0.3) is 0 Å². The van der Waals surface area contributed by atoms with Crippen molar-refractivity contribution in [1.29, 1.82) is 0 Å². The Bertz CT molecular complexity index is 485. The summed E-state index contributed by atoms with van der Waals surface area (Å²) < 4.78 is 18.0. The van der Waals surface area contributed by atoms with Crippen LogP contribution in [0.5, 0.6) is 0 Å². The minimum absolute atomic E-state index is 0.299. The Balaban J connectivity index is 2.79. The van der Waals surface area contributed by atoms with Gasteiger partial charge in [-0.1, -0.05) is 6.92 Å². The molecule has 0 unspecified atom stereocenters. The molecule has 0 atom stereocenters. The van der Waals surface area contributed by atoms with Gasteiger partial charge >= 0.3 is 0 Å². The molecule has 0 spiro atoms. The molecule has 72 valence electrons. The Morgan fingerprint density at radius 1 is 1.50 bits per heavy atom. The molecule has 1 heterocycles. The second kappa shape index (κ2) is 3.25. The third-order valence-corrected chi connectivity index (χ3v) is 2.25. The molecule has 0 radical (unpaired) electrons. The van der Waals surface area contributed by atoms with Gasteiger partial charge in [0.2, 0.25) is 0 Å². The van der Waals surface area contributed by atoms with Crippen molar-refractivity contribution >= 4 is 17.3 Å². The Morgan fingerprint density at radius 2 is 2.29 bits per heavy atom. The number of aldehydes is 1. The van der Waals surface area contributed by atoms with E-state index in [1.165, 1.54) is 12.1 Å². The molecule has 0 aliphatic rings. The van der Waals surface area contributed by atoms with Crippen LogP contribution in [0.3, 0.4) is 0 Å². The molecular formula is C11H9FO2. The molecule has 0 aliphatic heterocycles. The van der Waals surface area contributed by atoms with Crippen molar-refractivity contribution < 1.29 is 13.6 Å². The van der Waals surface area contributed by atoms with Crippen LogP contribution in [0.1, 0.15) is 23.0 Å². The molecule has 0 bridgehead atoms. The van der Waals surface area contributed by atoms with E-state index in [9.17, 15) is 9.18 Å². The van der Waals surface area contributed by atoms with Crippen molar-refractivity contribution in [2.45, 2.75) is 13.3 Å². The SMILES string of the molecule is CCc1c(C=O)oc2cc(F)ccc12. The molecule has 0 fully saturated rings.